The number of aryl methyl sites for hydroxylation is 1. The van der Waals surface area contributed by atoms with Crippen molar-refractivity contribution < 1.29 is 14.0 Å². The highest BCUT2D eigenvalue weighted by molar-refractivity contribution is 7.13. The van der Waals surface area contributed by atoms with E-state index in [1.807, 2.05) is 29.8 Å². The van der Waals surface area contributed by atoms with E-state index in [4.69, 9.17) is 4.42 Å². The van der Waals surface area contributed by atoms with Crippen LogP contribution < -0.4 is 5.32 Å². The molecule has 4 rings (SSSR count). The number of carbonyl (C=O) groups is 2. The molecule has 1 N–H and O–H groups in total. The van der Waals surface area contributed by atoms with Crippen molar-refractivity contribution in [2.45, 2.75) is 26.2 Å². The van der Waals surface area contributed by atoms with Gasteiger partial charge in [0.05, 0.1) is 22.9 Å². The molecule has 1 aliphatic rings. The highest BCUT2D eigenvalue weighted by Gasteiger charge is 2.29. The molecule has 9 heteroatoms. The summed E-state index contributed by atoms with van der Waals surface area (Å²) in [6, 6.07) is 3.88. The van der Waals surface area contributed by atoms with Crippen LogP contribution in [-0.4, -0.2) is 39.8 Å². The Morgan fingerprint density at radius 2 is 2.25 bits per heavy atom. The van der Waals surface area contributed by atoms with E-state index in [0.717, 1.165) is 17.7 Å². The molecule has 4 heterocycles. The Labute approximate surface area is 170 Å². The number of likely N-dealkylation sites (tertiary alicyclic amines) is 1. The van der Waals surface area contributed by atoms with Crippen LogP contribution in [0.5, 0.6) is 0 Å². The van der Waals surface area contributed by atoms with E-state index < -0.39 is 0 Å². The van der Waals surface area contributed by atoms with Crippen LogP contribution in [0.1, 0.15) is 24.3 Å². The van der Waals surface area contributed by atoms with E-state index in [0.29, 0.717) is 35.6 Å². The van der Waals surface area contributed by atoms with Crippen LogP contribution in [0, 0.1) is 12.8 Å². The number of rotatable bonds is 5. The van der Waals surface area contributed by atoms with Gasteiger partial charge in [0.1, 0.15) is 5.76 Å². The lowest BCUT2D eigenvalue weighted by Gasteiger charge is -2.31. The molecule has 1 aliphatic heterocycles. The van der Waals surface area contributed by atoms with Crippen molar-refractivity contribution >= 4 is 39.6 Å². The zero-order valence-corrected chi connectivity index (χ0v) is 17.0. The Kier molecular flexibility index (Phi) is 5.54. The number of nitrogens with one attached hydrogen (secondary N) is 1. The molecular formula is C19H20N4O3S2. The zero-order chi connectivity index (χ0) is 19.5. The molecule has 0 aromatic carbocycles. The topological polar surface area (TPSA) is 88.3 Å². The number of aromatic nitrogens is 2. The van der Waals surface area contributed by atoms with Gasteiger partial charge in [-0.25, -0.2) is 9.97 Å². The van der Waals surface area contributed by atoms with Crippen LogP contribution in [0.25, 0.3) is 10.8 Å². The first-order chi connectivity index (χ1) is 13.6. The molecule has 0 radical (unpaired) electrons. The van der Waals surface area contributed by atoms with Crippen molar-refractivity contribution in [2.24, 2.45) is 5.92 Å². The van der Waals surface area contributed by atoms with Crippen LogP contribution in [0.4, 0.5) is 5.13 Å². The number of hydrogen-bond acceptors (Lipinski definition) is 7. The van der Waals surface area contributed by atoms with E-state index in [9.17, 15) is 9.59 Å². The minimum Gasteiger partial charge on any atom is -0.440 e. The fourth-order valence-electron chi connectivity index (χ4n) is 3.26. The molecule has 7 nitrogen and oxygen atoms in total. The quantitative estimate of drug-likeness (QED) is 0.687. The van der Waals surface area contributed by atoms with E-state index in [2.05, 4.69) is 15.3 Å². The van der Waals surface area contributed by atoms with Crippen LogP contribution in [-0.2, 0) is 16.0 Å². The van der Waals surface area contributed by atoms with Crippen LogP contribution in [0.15, 0.2) is 33.5 Å². The molecule has 0 spiro atoms. The normalized spacial score (nSPS) is 16.9. The maximum Gasteiger partial charge on any atom is 0.236 e. The second-order valence-corrected chi connectivity index (χ2v) is 8.52. The number of amides is 2. The average molecular weight is 417 g/mol. The summed E-state index contributed by atoms with van der Waals surface area (Å²) in [5, 5.41) is 7.20. The second kappa shape index (κ2) is 8.24. The number of piperidine rings is 1. The molecule has 0 saturated carbocycles. The molecule has 1 fully saturated rings. The zero-order valence-electron chi connectivity index (χ0n) is 15.4. The van der Waals surface area contributed by atoms with E-state index >= 15 is 0 Å². The van der Waals surface area contributed by atoms with Crippen molar-refractivity contribution in [3.8, 4) is 10.8 Å². The van der Waals surface area contributed by atoms with Crippen molar-refractivity contribution in [3.63, 3.8) is 0 Å². The fraction of sp³-hybridized carbons (Fsp3) is 0.368. The van der Waals surface area contributed by atoms with Crippen molar-refractivity contribution in [2.75, 3.05) is 18.4 Å². The molecule has 146 valence electrons. The predicted molar refractivity (Wildman–Crippen MR) is 108 cm³/mol. The Hall–Kier alpha value is -2.52. The van der Waals surface area contributed by atoms with Gasteiger partial charge in [0.25, 0.3) is 0 Å². The largest absolute Gasteiger partial charge is 0.440 e. The first-order valence-electron chi connectivity index (χ1n) is 9.08. The third-order valence-electron chi connectivity index (χ3n) is 4.75. The van der Waals surface area contributed by atoms with Gasteiger partial charge in [-0.1, -0.05) is 6.07 Å². The van der Waals surface area contributed by atoms with Gasteiger partial charge in [0.15, 0.2) is 5.13 Å². The Bertz CT molecular complexity index is 950. The number of thiazole rings is 1. The Balaban J connectivity index is 1.39. The number of oxazole rings is 1. The maximum absolute atomic E-state index is 12.8. The standard InChI is InChI=1S/C19H20N4O3S2/c1-12-14(21-18(26-12)15-5-3-8-27-15)10-16(24)23-7-2-4-13(11-23)17(25)22-19-20-6-9-28-19/h3,5-6,8-9,13H,2,4,7,10-11H2,1H3,(H,20,22,25). The van der Waals surface area contributed by atoms with Gasteiger partial charge in [0, 0.05) is 24.7 Å². The number of hydrogen-bond donors (Lipinski definition) is 1. The summed E-state index contributed by atoms with van der Waals surface area (Å²) < 4.78 is 5.72. The summed E-state index contributed by atoms with van der Waals surface area (Å²) in [6.45, 7) is 2.91. The molecule has 0 bridgehead atoms. The smallest absolute Gasteiger partial charge is 0.236 e. The van der Waals surface area contributed by atoms with Gasteiger partial charge in [-0.3, -0.25) is 9.59 Å². The molecule has 2 amide bonds. The lowest BCUT2D eigenvalue weighted by molar-refractivity contribution is -0.134. The Morgan fingerprint density at radius 3 is 3.00 bits per heavy atom. The van der Waals surface area contributed by atoms with Crippen LogP contribution in [0.3, 0.4) is 0 Å². The molecule has 1 saturated heterocycles. The van der Waals surface area contributed by atoms with Gasteiger partial charge in [-0.15, -0.1) is 22.7 Å². The summed E-state index contributed by atoms with van der Waals surface area (Å²) in [6.07, 6.45) is 3.41. The summed E-state index contributed by atoms with van der Waals surface area (Å²) in [4.78, 5) is 36.6. The predicted octanol–water partition coefficient (Wildman–Crippen LogP) is 3.59. The Morgan fingerprint density at radius 1 is 1.36 bits per heavy atom. The SMILES string of the molecule is Cc1oc(-c2cccs2)nc1CC(=O)N1CCCC(C(=O)Nc2nccs2)C1. The summed E-state index contributed by atoms with van der Waals surface area (Å²) in [5.74, 6) is 0.883. The third-order valence-corrected chi connectivity index (χ3v) is 6.30. The van der Waals surface area contributed by atoms with Gasteiger partial charge in [0.2, 0.25) is 17.7 Å². The summed E-state index contributed by atoms with van der Waals surface area (Å²) in [7, 11) is 0. The van der Waals surface area contributed by atoms with Crippen LogP contribution in [0.2, 0.25) is 0 Å². The molecule has 1 atom stereocenters. The minimum absolute atomic E-state index is 0.0270. The highest BCUT2D eigenvalue weighted by Crippen LogP contribution is 2.27. The molecule has 1 unspecified atom stereocenters. The highest BCUT2D eigenvalue weighted by atomic mass is 32.1. The number of anilines is 1. The fourth-order valence-corrected chi connectivity index (χ4v) is 4.44. The maximum atomic E-state index is 12.8. The number of nitrogens with zero attached hydrogens (tertiary/aromatic N) is 3. The minimum atomic E-state index is -0.221. The van der Waals surface area contributed by atoms with Gasteiger partial charge in [-0.05, 0) is 31.2 Å². The average Bonchev–Trinajstić information content (AvgIpc) is 3.45. The number of carbonyl (C=O) groups excluding carboxylic acids is 2. The molecule has 3 aromatic rings. The summed E-state index contributed by atoms with van der Waals surface area (Å²) in [5.41, 5.74) is 0.655. The molecule has 3 aromatic heterocycles. The van der Waals surface area contributed by atoms with Crippen molar-refractivity contribution in [1.82, 2.24) is 14.9 Å². The van der Waals surface area contributed by atoms with Gasteiger partial charge < -0.3 is 14.6 Å². The van der Waals surface area contributed by atoms with Crippen molar-refractivity contribution in [3.05, 3.63) is 40.5 Å². The third kappa shape index (κ3) is 4.15. The molecule has 28 heavy (non-hydrogen) atoms. The van der Waals surface area contributed by atoms with Gasteiger partial charge in [-0.2, -0.15) is 0 Å². The lowest BCUT2D eigenvalue weighted by Crippen LogP contribution is -2.44. The first-order valence-corrected chi connectivity index (χ1v) is 10.8. The summed E-state index contributed by atoms with van der Waals surface area (Å²) >= 11 is 2.93. The van der Waals surface area contributed by atoms with E-state index in [1.165, 1.54) is 11.3 Å². The first kappa shape index (κ1) is 18.8. The van der Waals surface area contributed by atoms with Crippen LogP contribution >= 0.6 is 22.7 Å². The monoisotopic (exact) mass is 416 g/mol. The van der Waals surface area contributed by atoms with E-state index in [-0.39, 0.29) is 24.2 Å². The van der Waals surface area contributed by atoms with Crippen molar-refractivity contribution in [1.29, 1.82) is 0 Å². The lowest BCUT2D eigenvalue weighted by atomic mass is 9.97. The molecular weight excluding hydrogens is 396 g/mol. The van der Waals surface area contributed by atoms with E-state index in [1.54, 1.807) is 22.4 Å². The second-order valence-electron chi connectivity index (χ2n) is 6.68. The molecule has 0 aliphatic carbocycles. The number of thiophene rings is 1. The van der Waals surface area contributed by atoms with Gasteiger partial charge >= 0.3 is 0 Å².